The van der Waals surface area contributed by atoms with E-state index in [4.69, 9.17) is 4.74 Å². The van der Waals surface area contributed by atoms with Crippen LogP contribution in [0.4, 0.5) is 11.4 Å². The molecule has 0 aliphatic carbocycles. The van der Waals surface area contributed by atoms with Crippen molar-refractivity contribution in [3.05, 3.63) is 63.7 Å². The van der Waals surface area contributed by atoms with Gasteiger partial charge in [-0.2, -0.15) is 0 Å². The highest BCUT2D eigenvalue weighted by atomic mass is 32.2. The van der Waals surface area contributed by atoms with Crippen molar-refractivity contribution >= 4 is 35.0 Å². The van der Waals surface area contributed by atoms with Crippen molar-refractivity contribution in [2.45, 2.75) is 37.3 Å². The van der Waals surface area contributed by atoms with Crippen LogP contribution in [0.3, 0.4) is 0 Å². The van der Waals surface area contributed by atoms with Crippen LogP contribution in [0.15, 0.2) is 47.4 Å². The number of para-hydroxylation sites is 1. The largest absolute Gasteiger partial charge is 0.449 e. The fourth-order valence-corrected chi connectivity index (χ4v) is 3.88. The summed E-state index contributed by atoms with van der Waals surface area (Å²) in [5.41, 5.74) is 1.77. The first-order valence-corrected chi connectivity index (χ1v) is 10.00. The van der Waals surface area contributed by atoms with E-state index in [1.54, 1.807) is 11.2 Å². The van der Waals surface area contributed by atoms with Crippen molar-refractivity contribution < 1.29 is 19.2 Å². The molecule has 28 heavy (non-hydrogen) atoms. The number of esters is 1. The molecule has 0 saturated carbocycles. The van der Waals surface area contributed by atoms with Gasteiger partial charge in [-0.15, -0.1) is 11.8 Å². The molecule has 0 radical (unpaired) electrons. The maximum atomic E-state index is 12.9. The number of carbonyl (C=O) groups excluding carboxylic acids is 2. The average Bonchev–Trinajstić information content (AvgIpc) is 3.02. The van der Waals surface area contributed by atoms with E-state index >= 15 is 0 Å². The normalized spacial score (nSPS) is 16.4. The van der Waals surface area contributed by atoms with E-state index in [1.807, 2.05) is 31.2 Å². The van der Waals surface area contributed by atoms with Crippen LogP contribution < -0.4 is 4.90 Å². The zero-order valence-electron chi connectivity index (χ0n) is 15.7. The van der Waals surface area contributed by atoms with E-state index in [2.05, 4.69) is 0 Å². The topological polar surface area (TPSA) is 89.8 Å². The minimum absolute atomic E-state index is 0.0343. The summed E-state index contributed by atoms with van der Waals surface area (Å²) in [4.78, 5) is 38.1. The van der Waals surface area contributed by atoms with Gasteiger partial charge in [-0.05, 0) is 50.3 Å². The summed E-state index contributed by atoms with van der Waals surface area (Å²) in [5.74, 6) is -1.09. The Morgan fingerprint density at radius 2 is 2.00 bits per heavy atom. The van der Waals surface area contributed by atoms with Crippen LogP contribution in [0.1, 0.15) is 29.8 Å². The van der Waals surface area contributed by atoms with Gasteiger partial charge in [0.15, 0.2) is 6.10 Å². The number of nitro benzene ring substituents is 1. The first-order valence-electron chi connectivity index (χ1n) is 8.78. The van der Waals surface area contributed by atoms with Crippen LogP contribution in [0.2, 0.25) is 0 Å². The van der Waals surface area contributed by atoms with Gasteiger partial charge in [0.05, 0.1) is 15.4 Å². The summed E-state index contributed by atoms with van der Waals surface area (Å²) in [6.07, 6.45) is 1.45. The molecule has 0 spiro atoms. The molecule has 0 N–H and O–H groups in total. The summed E-state index contributed by atoms with van der Waals surface area (Å²) < 4.78 is 5.32. The Morgan fingerprint density at radius 1 is 1.29 bits per heavy atom. The molecule has 0 saturated heterocycles. The van der Waals surface area contributed by atoms with E-state index in [9.17, 15) is 19.7 Å². The highest BCUT2D eigenvalue weighted by molar-refractivity contribution is 7.98. The molecule has 2 aromatic carbocycles. The number of hydrogen-bond acceptors (Lipinski definition) is 6. The van der Waals surface area contributed by atoms with Gasteiger partial charge >= 0.3 is 5.97 Å². The van der Waals surface area contributed by atoms with Crippen molar-refractivity contribution in [1.82, 2.24) is 0 Å². The quantitative estimate of drug-likeness (QED) is 0.328. The van der Waals surface area contributed by atoms with Gasteiger partial charge in [-0.1, -0.05) is 18.2 Å². The second kappa shape index (κ2) is 8.02. The zero-order valence-corrected chi connectivity index (χ0v) is 16.6. The van der Waals surface area contributed by atoms with Crippen molar-refractivity contribution in [3.63, 3.8) is 0 Å². The summed E-state index contributed by atoms with van der Waals surface area (Å²) in [5, 5.41) is 11.2. The number of nitrogens with zero attached hydrogens (tertiary/aromatic N) is 2. The van der Waals surface area contributed by atoms with Crippen LogP contribution in [0, 0.1) is 10.1 Å². The maximum absolute atomic E-state index is 12.9. The van der Waals surface area contributed by atoms with E-state index in [-0.39, 0.29) is 23.2 Å². The van der Waals surface area contributed by atoms with Gasteiger partial charge in [0.1, 0.15) is 0 Å². The number of hydrogen-bond donors (Lipinski definition) is 0. The van der Waals surface area contributed by atoms with Gasteiger partial charge in [0.25, 0.3) is 11.6 Å². The van der Waals surface area contributed by atoms with Gasteiger partial charge in [-0.3, -0.25) is 14.9 Å². The van der Waals surface area contributed by atoms with E-state index in [0.29, 0.717) is 4.90 Å². The number of thioether (sulfide) groups is 1. The number of anilines is 1. The molecule has 0 fully saturated rings. The molecular formula is C20H20N2O5S. The lowest BCUT2D eigenvalue weighted by molar-refractivity contribution is -0.387. The van der Waals surface area contributed by atoms with Gasteiger partial charge in [0, 0.05) is 17.8 Å². The first kappa shape index (κ1) is 19.9. The molecule has 0 unspecified atom stereocenters. The second-order valence-corrected chi connectivity index (χ2v) is 7.43. The van der Waals surface area contributed by atoms with Crippen LogP contribution in [-0.4, -0.2) is 35.2 Å². The zero-order chi connectivity index (χ0) is 20.4. The molecular weight excluding hydrogens is 380 g/mol. The van der Waals surface area contributed by atoms with Crippen molar-refractivity contribution in [1.29, 1.82) is 0 Å². The Hall–Kier alpha value is -2.87. The Balaban J connectivity index is 1.77. The number of fused-ring (bicyclic) bond motifs is 1. The highest BCUT2D eigenvalue weighted by Crippen LogP contribution is 2.33. The molecule has 8 heteroatoms. The number of amides is 1. The lowest BCUT2D eigenvalue weighted by Crippen LogP contribution is -2.43. The predicted octanol–water partition coefficient (Wildman–Crippen LogP) is 3.84. The predicted molar refractivity (Wildman–Crippen MR) is 107 cm³/mol. The molecule has 3 rings (SSSR count). The third-order valence-electron chi connectivity index (χ3n) is 4.69. The number of ether oxygens (including phenoxy) is 1. The molecule has 2 aromatic rings. The van der Waals surface area contributed by atoms with Crippen molar-refractivity contribution in [2.75, 3.05) is 11.2 Å². The molecule has 146 valence electrons. The van der Waals surface area contributed by atoms with Crippen LogP contribution >= 0.6 is 11.8 Å². The number of benzene rings is 2. The Kier molecular flexibility index (Phi) is 5.69. The Bertz CT molecular complexity index is 946. The van der Waals surface area contributed by atoms with E-state index in [0.717, 1.165) is 17.7 Å². The summed E-state index contributed by atoms with van der Waals surface area (Å²) >= 11 is 1.22. The van der Waals surface area contributed by atoms with Gasteiger partial charge in [-0.25, -0.2) is 4.79 Å². The van der Waals surface area contributed by atoms with E-state index in [1.165, 1.54) is 36.9 Å². The summed E-state index contributed by atoms with van der Waals surface area (Å²) in [6, 6.07) is 11.7. The molecule has 0 aromatic heterocycles. The standard InChI is InChI=1S/C20H20N2O5S/c1-12-10-14-6-4-5-7-16(14)21(12)19(23)13(2)27-20(24)15-8-9-18(28-3)17(11-15)22(25)26/h4-9,11-13H,10H2,1-3H3/t12-,13-/m0/s1. The molecule has 1 heterocycles. The average molecular weight is 400 g/mol. The minimum atomic E-state index is -1.01. The molecule has 2 atom stereocenters. The lowest BCUT2D eigenvalue weighted by Gasteiger charge is -2.25. The molecule has 7 nitrogen and oxygen atoms in total. The Morgan fingerprint density at radius 3 is 2.68 bits per heavy atom. The number of nitro groups is 1. The molecule has 1 aliphatic heterocycles. The van der Waals surface area contributed by atoms with Crippen LogP contribution in [-0.2, 0) is 16.0 Å². The number of rotatable bonds is 5. The second-order valence-electron chi connectivity index (χ2n) is 6.58. The third-order valence-corrected chi connectivity index (χ3v) is 5.47. The molecule has 1 amide bonds. The SMILES string of the molecule is CSc1ccc(C(=O)O[C@@H](C)C(=O)N2c3ccccc3C[C@@H]2C)cc1[N+](=O)[O-]. The minimum Gasteiger partial charge on any atom is -0.449 e. The highest BCUT2D eigenvalue weighted by Gasteiger charge is 2.34. The summed E-state index contributed by atoms with van der Waals surface area (Å²) in [7, 11) is 0. The fourth-order valence-electron chi connectivity index (χ4n) is 3.34. The summed E-state index contributed by atoms with van der Waals surface area (Å²) in [6.45, 7) is 3.45. The smallest absolute Gasteiger partial charge is 0.339 e. The van der Waals surface area contributed by atoms with E-state index < -0.39 is 17.0 Å². The number of carbonyl (C=O) groups is 2. The first-order chi connectivity index (χ1) is 13.3. The third kappa shape index (κ3) is 3.73. The van der Waals surface area contributed by atoms with Crippen LogP contribution in [0.25, 0.3) is 0 Å². The maximum Gasteiger partial charge on any atom is 0.339 e. The van der Waals surface area contributed by atoms with Gasteiger partial charge in [0.2, 0.25) is 0 Å². The van der Waals surface area contributed by atoms with Crippen molar-refractivity contribution in [3.8, 4) is 0 Å². The van der Waals surface area contributed by atoms with Crippen molar-refractivity contribution in [2.24, 2.45) is 0 Å². The van der Waals surface area contributed by atoms with Crippen LogP contribution in [0.5, 0.6) is 0 Å². The van der Waals surface area contributed by atoms with Gasteiger partial charge < -0.3 is 9.64 Å². The molecule has 1 aliphatic rings. The Labute approximate surface area is 166 Å². The fraction of sp³-hybridized carbons (Fsp3) is 0.300. The lowest BCUT2D eigenvalue weighted by atomic mass is 10.1. The molecule has 0 bridgehead atoms. The monoisotopic (exact) mass is 400 g/mol.